The molecule has 3 nitrogen and oxygen atoms in total. The summed E-state index contributed by atoms with van der Waals surface area (Å²) in [5, 5.41) is 1.66. The molecule has 0 bridgehead atoms. The minimum Gasteiger partial charge on any atom is -0.341 e. The lowest BCUT2D eigenvalue weighted by Gasteiger charge is -2.23. The fourth-order valence-corrected chi connectivity index (χ4v) is 1.52. The number of hydrogen-bond acceptors (Lipinski definition) is 3. The number of carbonyl (C=O) groups excluding carboxylic acids is 1. The van der Waals surface area contributed by atoms with Crippen molar-refractivity contribution in [3.05, 3.63) is 29.8 Å². The molecule has 88 valence electrons. The Morgan fingerprint density at radius 3 is 2.50 bits per heavy atom. The van der Waals surface area contributed by atoms with Crippen LogP contribution in [0.1, 0.15) is 32.8 Å². The maximum absolute atomic E-state index is 11.3. The van der Waals surface area contributed by atoms with E-state index in [9.17, 15) is 4.79 Å². The number of benzene rings is 1. The highest BCUT2D eigenvalue weighted by atomic mass is 16.7. The van der Waals surface area contributed by atoms with Crippen molar-refractivity contribution in [3.8, 4) is 0 Å². The van der Waals surface area contributed by atoms with Gasteiger partial charge in [0.2, 0.25) is 0 Å². The average Bonchev–Trinajstić information content (AvgIpc) is 2.35. The van der Waals surface area contributed by atoms with E-state index in [0.29, 0.717) is 13.0 Å². The Hall–Kier alpha value is -1.51. The van der Waals surface area contributed by atoms with Gasteiger partial charge in [-0.15, -0.1) is 0 Å². The van der Waals surface area contributed by atoms with Crippen LogP contribution in [0.25, 0.3) is 0 Å². The minimum atomic E-state index is -0.201. The largest absolute Gasteiger partial charge is 0.341 e. The first-order valence-corrected chi connectivity index (χ1v) is 5.79. The highest BCUT2D eigenvalue weighted by Crippen LogP contribution is 2.21. The Balaban J connectivity index is 2.89. The topological polar surface area (TPSA) is 29.5 Å². The third-order valence-corrected chi connectivity index (χ3v) is 2.43. The van der Waals surface area contributed by atoms with Crippen LogP contribution in [0.2, 0.25) is 0 Å². The van der Waals surface area contributed by atoms with Gasteiger partial charge in [-0.1, -0.05) is 32.0 Å². The van der Waals surface area contributed by atoms with E-state index >= 15 is 0 Å². The van der Waals surface area contributed by atoms with Gasteiger partial charge in [0.15, 0.2) is 0 Å². The average molecular weight is 221 g/mol. The SMILES string of the molecule is CCC(=O)ON(CC)c1ccccc1CC. The van der Waals surface area contributed by atoms with E-state index in [0.717, 1.165) is 12.1 Å². The van der Waals surface area contributed by atoms with Crippen LogP contribution in [0.4, 0.5) is 5.69 Å². The molecule has 0 spiro atoms. The number of carbonyl (C=O) groups is 1. The van der Waals surface area contributed by atoms with E-state index in [2.05, 4.69) is 13.0 Å². The molecule has 0 aliphatic carbocycles. The Morgan fingerprint density at radius 1 is 1.25 bits per heavy atom. The number of para-hydroxylation sites is 1. The Labute approximate surface area is 97.0 Å². The molecule has 0 saturated heterocycles. The smallest absolute Gasteiger partial charge is 0.332 e. The minimum absolute atomic E-state index is 0.201. The summed E-state index contributed by atoms with van der Waals surface area (Å²) in [7, 11) is 0. The number of rotatable bonds is 5. The first-order valence-electron chi connectivity index (χ1n) is 5.79. The molecular formula is C13H19NO2. The van der Waals surface area contributed by atoms with Gasteiger partial charge in [-0.05, 0) is 25.0 Å². The molecule has 0 aromatic heterocycles. The summed E-state index contributed by atoms with van der Waals surface area (Å²) in [6.45, 7) is 6.51. The van der Waals surface area contributed by atoms with Crippen LogP contribution >= 0.6 is 0 Å². The van der Waals surface area contributed by atoms with Crippen molar-refractivity contribution in [3.63, 3.8) is 0 Å². The molecule has 1 rings (SSSR count). The highest BCUT2D eigenvalue weighted by molar-refractivity contribution is 5.70. The van der Waals surface area contributed by atoms with Gasteiger partial charge in [0.1, 0.15) is 0 Å². The molecular weight excluding hydrogens is 202 g/mol. The van der Waals surface area contributed by atoms with E-state index in [1.807, 2.05) is 25.1 Å². The van der Waals surface area contributed by atoms with E-state index in [-0.39, 0.29) is 5.97 Å². The zero-order valence-corrected chi connectivity index (χ0v) is 10.2. The van der Waals surface area contributed by atoms with Gasteiger partial charge in [-0.2, -0.15) is 0 Å². The van der Waals surface area contributed by atoms with Crippen molar-refractivity contribution < 1.29 is 9.63 Å². The highest BCUT2D eigenvalue weighted by Gasteiger charge is 2.12. The molecule has 1 aromatic rings. The second kappa shape index (κ2) is 6.16. The third-order valence-electron chi connectivity index (χ3n) is 2.43. The van der Waals surface area contributed by atoms with Gasteiger partial charge in [-0.3, -0.25) is 0 Å². The van der Waals surface area contributed by atoms with E-state index in [1.54, 1.807) is 12.0 Å². The molecule has 3 heteroatoms. The van der Waals surface area contributed by atoms with Crippen molar-refractivity contribution in [2.24, 2.45) is 0 Å². The zero-order chi connectivity index (χ0) is 12.0. The van der Waals surface area contributed by atoms with Crippen LogP contribution in [0.3, 0.4) is 0 Å². The molecule has 0 radical (unpaired) electrons. The standard InChI is InChI=1S/C13H19NO2/c1-4-11-9-7-8-10-12(11)14(6-3)16-13(15)5-2/h7-10H,4-6H2,1-3H3. The van der Waals surface area contributed by atoms with Crippen LogP contribution in [-0.2, 0) is 16.1 Å². The van der Waals surface area contributed by atoms with Crippen molar-refractivity contribution >= 4 is 11.7 Å². The molecule has 0 saturated carbocycles. The second-order valence-electron chi connectivity index (χ2n) is 3.49. The molecule has 0 heterocycles. The van der Waals surface area contributed by atoms with Crippen LogP contribution in [0.15, 0.2) is 24.3 Å². The van der Waals surface area contributed by atoms with Gasteiger partial charge >= 0.3 is 5.97 Å². The molecule has 0 amide bonds. The molecule has 0 unspecified atom stereocenters. The maximum Gasteiger partial charge on any atom is 0.332 e. The first kappa shape index (κ1) is 12.6. The van der Waals surface area contributed by atoms with Crippen LogP contribution in [0, 0.1) is 0 Å². The van der Waals surface area contributed by atoms with Crippen LogP contribution in [0.5, 0.6) is 0 Å². The number of aryl methyl sites for hydroxylation is 1. The lowest BCUT2D eigenvalue weighted by molar-refractivity contribution is -0.144. The third kappa shape index (κ3) is 2.99. The summed E-state index contributed by atoms with van der Waals surface area (Å²) in [4.78, 5) is 16.6. The van der Waals surface area contributed by atoms with Gasteiger partial charge in [0.05, 0.1) is 12.2 Å². The predicted molar refractivity (Wildman–Crippen MR) is 65.2 cm³/mol. The van der Waals surface area contributed by atoms with Crippen LogP contribution in [-0.4, -0.2) is 12.5 Å². The van der Waals surface area contributed by atoms with E-state index in [4.69, 9.17) is 4.84 Å². The summed E-state index contributed by atoms with van der Waals surface area (Å²) in [5.41, 5.74) is 2.17. The summed E-state index contributed by atoms with van der Waals surface area (Å²) in [5.74, 6) is -0.201. The normalized spacial score (nSPS) is 9.94. The quantitative estimate of drug-likeness (QED) is 0.716. The Kier molecular flexibility index (Phi) is 4.83. The number of hydroxylamine groups is 1. The predicted octanol–water partition coefficient (Wildman–Crippen LogP) is 2.94. The zero-order valence-electron chi connectivity index (χ0n) is 10.2. The van der Waals surface area contributed by atoms with Gasteiger partial charge in [0, 0.05) is 6.42 Å². The second-order valence-corrected chi connectivity index (χ2v) is 3.49. The fourth-order valence-electron chi connectivity index (χ4n) is 1.52. The molecule has 0 aliphatic rings. The van der Waals surface area contributed by atoms with Crippen molar-refractivity contribution in [2.75, 3.05) is 11.6 Å². The van der Waals surface area contributed by atoms with Gasteiger partial charge < -0.3 is 4.84 Å². The molecule has 0 N–H and O–H groups in total. The van der Waals surface area contributed by atoms with Gasteiger partial charge in [0.25, 0.3) is 0 Å². The first-order chi connectivity index (χ1) is 7.72. The lowest BCUT2D eigenvalue weighted by atomic mass is 10.1. The monoisotopic (exact) mass is 221 g/mol. The number of hydrogen-bond donors (Lipinski definition) is 0. The molecule has 0 fully saturated rings. The van der Waals surface area contributed by atoms with Gasteiger partial charge in [-0.25, -0.2) is 9.86 Å². The molecule has 1 aromatic carbocycles. The Morgan fingerprint density at radius 2 is 1.94 bits per heavy atom. The number of anilines is 1. The summed E-state index contributed by atoms with van der Waals surface area (Å²) >= 11 is 0. The molecule has 0 aliphatic heterocycles. The Bertz CT molecular complexity index is 350. The van der Waals surface area contributed by atoms with Crippen molar-refractivity contribution in [2.45, 2.75) is 33.6 Å². The van der Waals surface area contributed by atoms with Crippen LogP contribution < -0.4 is 5.06 Å². The van der Waals surface area contributed by atoms with Crippen molar-refractivity contribution in [1.29, 1.82) is 0 Å². The lowest BCUT2D eigenvalue weighted by Crippen LogP contribution is -2.27. The fraction of sp³-hybridized carbons (Fsp3) is 0.462. The molecule has 16 heavy (non-hydrogen) atoms. The van der Waals surface area contributed by atoms with E-state index < -0.39 is 0 Å². The van der Waals surface area contributed by atoms with E-state index in [1.165, 1.54) is 5.56 Å². The van der Waals surface area contributed by atoms with Crippen molar-refractivity contribution in [1.82, 2.24) is 0 Å². The maximum atomic E-state index is 11.3. The summed E-state index contributed by atoms with van der Waals surface area (Å²) < 4.78 is 0. The number of nitrogens with zero attached hydrogens (tertiary/aromatic N) is 1. The summed E-state index contributed by atoms with van der Waals surface area (Å²) in [6, 6.07) is 7.98. The summed E-state index contributed by atoms with van der Waals surface area (Å²) in [6.07, 6.45) is 1.32. The molecule has 0 atom stereocenters.